The normalized spacial score (nSPS) is 15.9. The second kappa shape index (κ2) is 8.31. The van der Waals surface area contributed by atoms with E-state index in [4.69, 9.17) is 0 Å². The standard InChI is InChI=1S/C21H22N2O5S2/c1-28-21(25)12-23-18-11-15(9-10-19(18)29-13-20(23)24)30(26,27)22-17-8-4-6-14-5-2-3-7-16(14)17/h4,6,8-11,22H,2-3,5,7,12-13H2,1H3. The number of methoxy groups -OCH3 is 1. The Bertz CT molecular complexity index is 1110. The van der Waals surface area contributed by atoms with Gasteiger partial charge in [0.25, 0.3) is 10.0 Å². The van der Waals surface area contributed by atoms with E-state index in [1.165, 1.54) is 41.5 Å². The van der Waals surface area contributed by atoms with Crippen LogP contribution in [0.15, 0.2) is 46.2 Å². The van der Waals surface area contributed by atoms with Crippen LogP contribution in [0, 0.1) is 0 Å². The molecule has 0 saturated heterocycles. The number of carbonyl (C=O) groups is 2. The molecule has 158 valence electrons. The number of ether oxygens (including phenoxy) is 1. The van der Waals surface area contributed by atoms with Crippen LogP contribution in [0.3, 0.4) is 0 Å². The molecule has 30 heavy (non-hydrogen) atoms. The molecule has 7 nitrogen and oxygen atoms in total. The summed E-state index contributed by atoms with van der Waals surface area (Å²) in [5.41, 5.74) is 3.22. The predicted octanol–water partition coefficient (Wildman–Crippen LogP) is 2.98. The number of esters is 1. The zero-order chi connectivity index (χ0) is 21.3. The fraction of sp³-hybridized carbons (Fsp3) is 0.333. The second-order valence-electron chi connectivity index (χ2n) is 7.23. The Morgan fingerprint density at radius 2 is 2.00 bits per heavy atom. The second-order valence-corrected chi connectivity index (χ2v) is 9.93. The van der Waals surface area contributed by atoms with E-state index in [2.05, 4.69) is 9.46 Å². The number of carbonyl (C=O) groups excluding carboxylic acids is 2. The maximum absolute atomic E-state index is 13.1. The fourth-order valence-electron chi connectivity index (χ4n) is 3.80. The summed E-state index contributed by atoms with van der Waals surface area (Å²) in [4.78, 5) is 26.2. The van der Waals surface area contributed by atoms with Gasteiger partial charge in [0.1, 0.15) is 6.54 Å². The molecule has 4 rings (SSSR count). The van der Waals surface area contributed by atoms with Gasteiger partial charge in [0.15, 0.2) is 0 Å². The van der Waals surface area contributed by atoms with Gasteiger partial charge in [0.2, 0.25) is 5.91 Å². The molecule has 1 N–H and O–H groups in total. The van der Waals surface area contributed by atoms with E-state index in [0.29, 0.717) is 11.4 Å². The SMILES string of the molecule is COC(=O)CN1C(=O)CSc2ccc(S(=O)(=O)Nc3cccc4c3CCCC4)cc21. The van der Waals surface area contributed by atoms with Gasteiger partial charge in [-0.2, -0.15) is 0 Å². The molecule has 0 spiro atoms. The first-order valence-electron chi connectivity index (χ1n) is 9.66. The van der Waals surface area contributed by atoms with Crippen LogP contribution in [-0.4, -0.2) is 39.7 Å². The molecule has 1 amide bonds. The Morgan fingerprint density at radius 1 is 1.20 bits per heavy atom. The van der Waals surface area contributed by atoms with Crippen molar-refractivity contribution in [3.8, 4) is 0 Å². The summed E-state index contributed by atoms with van der Waals surface area (Å²) in [5, 5.41) is 0. The van der Waals surface area contributed by atoms with Gasteiger partial charge in [-0.05, 0) is 61.1 Å². The summed E-state index contributed by atoms with van der Waals surface area (Å²) >= 11 is 1.32. The van der Waals surface area contributed by atoms with Crippen LogP contribution in [0.4, 0.5) is 11.4 Å². The highest BCUT2D eigenvalue weighted by Crippen LogP contribution is 2.37. The van der Waals surface area contributed by atoms with Crippen molar-refractivity contribution < 1.29 is 22.7 Å². The molecule has 0 saturated carbocycles. The quantitative estimate of drug-likeness (QED) is 0.710. The number of thioether (sulfide) groups is 1. The third-order valence-electron chi connectivity index (χ3n) is 5.34. The van der Waals surface area contributed by atoms with E-state index in [9.17, 15) is 18.0 Å². The smallest absolute Gasteiger partial charge is 0.325 e. The van der Waals surface area contributed by atoms with Gasteiger partial charge in [0, 0.05) is 4.90 Å². The molecule has 0 bridgehead atoms. The van der Waals surface area contributed by atoms with Crippen molar-refractivity contribution in [3.05, 3.63) is 47.5 Å². The molecule has 0 unspecified atom stereocenters. The Labute approximate surface area is 179 Å². The molecular formula is C21H22N2O5S2. The Hall–Kier alpha value is -2.52. The van der Waals surface area contributed by atoms with Gasteiger partial charge in [0.05, 0.1) is 29.1 Å². The minimum Gasteiger partial charge on any atom is -0.468 e. The molecular weight excluding hydrogens is 424 g/mol. The third kappa shape index (κ3) is 4.04. The highest BCUT2D eigenvalue weighted by molar-refractivity contribution is 8.00. The lowest BCUT2D eigenvalue weighted by Crippen LogP contribution is -2.39. The van der Waals surface area contributed by atoms with Crippen molar-refractivity contribution in [2.45, 2.75) is 35.5 Å². The van der Waals surface area contributed by atoms with Gasteiger partial charge in [-0.25, -0.2) is 8.42 Å². The van der Waals surface area contributed by atoms with Gasteiger partial charge >= 0.3 is 5.97 Å². The first-order chi connectivity index (χ1) is 14.4. The average Bonchev–Trinajstić information content (AvgIpc) is 2.75. The minimum atomic E-state index is -3.87. The molecule has 0 atom stereocenters. The number of nitrogens with one attached hydrogen (secondary N) is 1. The lowest BCUT2D eigenvalue weighted by Gasteiger charge is -2.28. The Morgan fingerprint density at radius 3 is 2.80 bits per heavy atom. The monoisotopic (exact) mass is 446 g/mol. The van der Waals surface area contributed by atoms with Gasteiger partial charge in [-0.15, -0.1) is 11.8 Å². The van der Waals surface area contributed by atoms with E-state index >= 15 is 0 Å². The van der Waals surface area contributed by atoms with E-state index in [0.717, 1.165) is 36.1 Å². The van der Waals surface area contributed by atoms with Gasteiger partial charge in [-0.1, -0.05) is 12.1 Å². The summed E-state index contributed by atoms with van der Waals surface area (Å²) < 4.78 is 33.6. The number of benzene rings is 2. The topological polar surface area (TPSA) is 92.8 Å². The van der Waals surface area contributed by atoms with Crippen LogP contribution in [-0.2, 0) is 37.2 Å². The number of fused-ring (bicyclic) bond motifs is 2. The molecule has 1 aliphatic carbocycles. The highest BCUT2D eigenvalue weighted by atomic mass is 32.2. The molecule has 0 aromatic heterocycles. The molecule has 2 aliphatic rings. The molecule has 1 aliphatic heterocycles. The van der Waals surface area contributed by atoms with Gasteiger partial charge in [-0.3, -0.25) is 19.2 Å². The van der Waals surface area contributed by atoms with Crippen molar-refractivity contribution >= 4 is 45.0 Å². The molecule has 0 fully saturated rings. The van der Waals surface area contributed by atoms with Crippen LogP contribution < -0.4 is 9.62 Å². The first-order valence-corrected chi connectivity index (χ1v) is 12.1. The zero-order valence-electron chi connectivity index (χ0n) is 16.5. The molecule has 2 aromatic rings. The molecule has 0 radical (unpaired) electrons. The maximum Gasteiger partial charge on any atom is 0.325 e. The molecule has 9 heteroatoms. The zero-order valence-corrected chi connectivity index (χ0v) is 18.1. The Balaban J connectivity index is 1.68. The van der Waals surface area contributed by atoms with E-state index in [-0.39, 0.29) is 23.1 Å². The number of hydrogen-bond acceptors (Lipinski definition) is 6. The summed E-state index contributed by atoms with van der Waals surface area (Å²) in [6, 6.07) is 10.3. The number of anilines is 2. The number of hydrogen-bond donors (Lipinski definition) is 1. The summed E-state index contributed by atoms with van der Waals surface area (Å²) in [6.07, 6.45) is 3.93. The molecule has 2 aromatic carbocycles. The molecule has 1 heterocycles. The van der Waals surface area contributed by atoms with Crippen molar-refractivity contribution in [2.75, 3.05) is 29.0 Å². The highest BCUT2D eigenvalue weighted by Gasteiger charge is 2.29. The van der Waals surface area contributed by atoms with Crippen molar-refractivity contribution in [1.29, 1.82) is 0 Å². The Kier molecular flexibility index (Phi) is 5.75. The lowest BCUT2D eigenvalue weighted by molar-refractivity contribution is -0.139. The van der Waals surface area contributed by atoms with Crippen molar-refractivity contribution in [2.24, 2.45) is 0 Å². The van der Waals surface area contributed by atoms with Crippen LogP contribution in [0.2, 0.25) is 0 Å². The fourth-order valence-corrected chi connectivity index (χ4v) is 5.83. The van der Waals surface area contributed by atoms with Crippen LogP contribution >= 0.6 is 11.8 Å². The van der Waals surface area contributed by atoms with E-state index in [1.807, 2.05) is 12.1 Å². The summed E-state index contributed by atoms with van der Waals surface area (Å²) in [5.74, 6) is -0.647. The summed E-state index contributed by atoms with van der Waals surface area (Å²) in [7, 11) is -2.62. The minimum absolute atomic E-state index is 0.0415. The number of rotatable bonds is 5. The van der Waals surface area contributed by atoms with E-state index in [1.54, 1.807) is 12.1 Å². The van der Waals surface area contributed by atoms with Crippen molar-refractivity contribution in [1.82, 2.24) is 0 Å². The number of nitrogens with zero attached hydrogens (tertiary/aromatic N) is 1. The third-order valence-corrected chi connectivity index (χ3v) is 7.75. The number of aryl methyl sites for hydroxylation is 1. The predicted molar refractivity (Wildman–Crippen MR) is 115 cm³/mol. The summed E-state index contributed by atoms with van der Waals surface area (Å²) in [6.45, 7) is -0.258. The maximum atomic E-state index is 13.1. The largest absolute Gasteiger partial charge is 0.468 e. The first kappa shape index (κ1) is 20.7. The lowest BCUT2D eigenvalue weighted by atomic mass is 9.91. The van der Waals surface area contributed by atoms with E-state index < -0.39 is 16.0 Å². The van der Waals surface area contributed by atoms with Gasteiger partial charge < -0.3 is 4.74 Å². The van der Waals surface area contributed by atoms with Crippen molar-refractivity contribution in [3.63, 3.8) is 0 Å². The van der Waals surface area contributed by atoms with Crippen LogP contribution in [0.5, 0.6) is 0 Å². The van der Waals surface area contributed by atoms with Crippen LogP contribution in [0.25, 0.3) is 0 Å². The average molecular weight is 447 g/mol. The number of amides is 1. The number of sulfonamides is 1. The van der Waals surface area contributed by atoms with Crippen LogP contribution in [0.1, 0.15) is 24.0 Å².